The van der Waals surface area contributed by atoms with Crippen molar-refractivity contribution in [2.75, 3.05) is 12.8 Å². The predicted octanol–water partition coefficient (Wildman–Crippen LogP) is 0.451. The summed E-state index contributed by atoms with van der Waals surface area (Å²) in [5.74, 6) is -1.03. The van der Waals surface area contributed by atoms with Crippen LogP contribution in [-0.2, 0) is 16.0 Å². The zero-order chi connectivity index (χ0) is 11.4. The third-order valence-electron chi connectivity index (χ3n) is 2.02. The number of anilines is 1. The van der Waals surface area contributed by atoms with Crippen LogP contribution in [0, 0.1) is 5.82 Å². The number of nitrogen functional groups attached to an aromatic ring is 1. The van der Waals surface area contributed by atoms with Crippen LogP contribution in [0.1, 0.15) is 5.56 Å². The van der Waals surface area contributed by atoms with Crippen LogP contribution in [0.5, 0.6) is 0 Å². The summed E-state index contributed by atoms with van der Waals surface area (Å²) in [5.41, 5.74) is 11.5. The summed E-state index contributed by atoms with van der Waals surface area (Å²) in [6, 6.07) is 3.55. The second-order valence-electron chi connectivity index (χ2n) is 3.19. The summed E-state index contributed by atoms with van der Waals surface area (Å²) in [6.07, 6.45) is 0.226. The maximum absolute atomic E-state index is 13.0. The Morgan fingerprint density at radius 1 is 1.60 bits per heavy atom. The van der Waals surface area contributed by atoms with E-state index < -0.39 is 17.8 Å². The van der Waals surface area contributed by atoms with Crippen molar-refractivity contribution in [3.63, 3.8) is 0 Å². The smallest absolute Gasteiger partial charge is 0.322 e. The summed E-state index contributed by atoms with van der Waals surface area (Å²) in [7, 11) is 1.26. The van der Waals surface area contributed by atoms with Gasteiger partial charge in [0.1, 0.15) is 11.9 Å². The van der Waals surface area contributed by atoms with E-state index in [0.717, 1.165) is 0 Å². The molecule has 4 N–H and O–H groups in total. The molecule has 82 valence electrons. The highest BCUT2D eigenvalue weighted by molar-refractivity contribution is 5.75. The van der Waals surface area contributed by atoms with Crippen LogP contribution in [0.2, 0.25) is 0 Å². The Hall–Kier alpha value is -1.62. The Kier molecular flexibility index (Phi) is 3.62. The molecular weight excluding hydrogens is 199 g/mol. The number of carbonyl (C=O) groups excluding carboxylic acids is 1. The largest absolute Gasteiger partial charge is 0.468 e. The van der Waals surface area contributed by atoms with Gasteiger partial charge in [-0.3, -0.25) is 4.79 Å². The Balaban J connectivity index is 2.73. The van der Waals surface area contributed by atoms with Crippen molar-refractivity contribution in [3.8, 4) is 0 Å². The first-order valence-electron chi connectivity index (χ1n) is 4.42. The third kappa shape index (κ3) is 2.92. The Morgan fingerprint density at radius 2 is 2.27 bits per heavy atom. The van der Waals surface area contributed by atoms with Crippen LogP contribution in [-0.4, -0.2) is 19.1 Å². The van der Waals surface area contributed by atoms with Crippen LogP contribution < -0.4 is 11.5 Å². The third-order valence-corrected chi connectivity index (χ3v) is 2.02. The molecule has 1 rings (SSSR count). The van der Waals surface area contributed by atoms with Gasteiger partial charge in [0.05, 0.1) is 12.8 Å². The minimum atomic E-state index is -0.780. The quantitative estimate of drug-likeness (QED) is 0.563. The van der Waals surface area contributed by atoms with Crippen molar-refractivity contribution in [3.05, 3.63) is 29.6 Å². The number of nitrogens with two attached hydrogens (primary N) is 2. The van der Waals surface area contributed by atoms with E-state index in [9.17, 15) is 9.18 Å². The van der Waals surface area contributed by atoms with E-state index in [2.05, 4.69) is 4.74 Å². The van der Waals surface area contributed by atoms with Crippen LogP contribution in [0.3, 0.4) is 0 Å². The SMILES string of the molecule is COC(=O)[C@@H](N)Cc1ccc(N)c(F)c1. The first-order chi connectivity index (χ1) is 7.04. The first-order valence-corrected chi connectivity index (χ1v) is 4.42. The highest BCUT2D eigenvalue weighted by atomic mass is 19.1. The molecule has 0 fully saturated rings. The average molecular weight is 212 g/mol. The number of benzene rings is 1. The first kappa shape index (κ1) is 11.5. The van der Waals surface area contributed by atoms with E-state index in [-0.39, 0.29) is 12.1 Å². The normalized spacial score (nSPS) is 12.2. The lowest BCUT2D eigenvalue weighted by Crippen LogP contribution is -2.33. The van der Waals surface area contributed by atoms with Gasteiger partial charge in [-0.15, -0.1) is 0 Å². The minimum absolute atomic E-state index is 0.0744. The van der Waals surface area contributed by atoms with Gasteiger partial charge in [-0.25, -0.2) is 4.39 Å². The fourth-order valence-electron chi connectivity index (χ4n) is 1.19. The van der Waals surface area contributed by atoms with E-state index in [1.807, 2.05) is 0 Å². The topological polar surface area (TPSA) is 78.3 Å². The average Bonchev–Trinajstić information content (AvgIpc) is 2.22. The molecule has 15 heavy (non-hydrogen) atoms. The van der Waals surface area contributed by atoms with Crippen LogP contribution in [0.25, 0.3) is 0 Å². The maximum Gasteiger partial charge on any atom is 0.322 e. The van der Waals surface area contributed by atoms with Crippen molar-refractivity contribution in [1.29, 1.82) is 0 Å². The van der Waals surface area contributed by atoms with Gasteiger partial charge in [0.25, 0.3) is 0 Å². The molecule has 0 aliphatic rings. The van der Waals surface area contributed by atoms with Crippen molar-refractivity contribution >= 4 is 11.7 Å². The standard InChI is InChI=1S/C10H13FN2O2/c1-15-10(14)9(13)5-6-2-3-8(12)7(11)4-6/h2-4,9H,5,12-13H2,1H3/t9-/m0/s1. The molecule has 1 aromatic carbocycles. The van der Waals surface area contributed by atoms with Gasteiger partial charge in [-0.2, -0.15) is 0 Å². The Bertz CT molecular complexity index is 368. The molecule has 0 saturated heterocycles. The van der Waals surface area contributed by atoms with Gasteiger partial charge < -0.3 is 16.2 Å². The second kappa shape index (κ2) is 4.75. The molecule has 0 saturated carbocycles. The van der Waals surface area contributed by atoms with E-state index in [0.29, 0.717) is 5.56 Å². The molecule has 0 radical (unpaired) electrons. The number of halogens is 1. The summed E-state index contributed by atoms with van der Waals surface area (Å²) >= 11 is 0. The van der Waals surface area contributed by atoms with Gasteiger partial charge in [0.15, 0.2) is 0 Å². The van der Waals surface area contributed by atoms with E-state index in [1.54, 1.807) is 6.07 Å². The zero-order valence-corrected chi connectivity index (χ0v) is 8.37. The molecular formula is C10H13FN2O2. The van der Waals surface area contributed by atoms with Crippen LogP contribution in [0.15, 0.2) is 18.2 Å². The number of carbonyl (C=O) groups is 1. The van der Waals surface area contributed by atoms with E-state index >= 15 is 0 Å². The fourth-order valence-corrected chi connectivity index (χ4v) is 1.19. The highest BCUT2D eigenvalue weighted by Gasteiger charge is 2.14. The van der Waals surface area contributed by atoms with Crippen molar-refractivity contribution < 1.29 is 13.9 Å². The Morgan fingerprint density at radius 3 is 2.80 bits per heavy atom. The summed E-state index contributed by atoms with van der Waals surface area (Å²) in [4.78, 5) is 11.0. The number of ether oxygens (including phenoxy) is 1. The van der Waals surface area contributed by atoms with Gasteiger partial charge in [0.2, 0.25) is 0 Å². The lowest BCUT2D eigenvalue weighted by atomic mass is 10.1. The summed E-state index contributed by atoms with van der Waals surface area (Å²) < 4.78 is 17.5. The molecule has 0 heterocycles. The van der Waals surface area contributed by atoms with Crippen LogP contribution in [0.4, 0.5) is 10.1 Å². The molecule has 1 atom stereocenters. The monoisotopic (exact) mass is 212 g/mol. The number of methoxy groups -OCH3 is 1. The lowest BCUT2D eigenvalue weighted by molar-refractivity contribution is -0.142. The van der Waals surface area contributed by atoms with Gasteiger partial charge >= 0.3 is 5.97 Å². The molecule has 5 heteroatoms. The molecule has 0 unspecified atom stereocenters. The summed E-state index contributed by atoms with van der Waals surface area (Å²) in [6.45, 7) is 0. The lowest BCUT2D eigenvalue weighted by Gasteiger charge is -2.09. The number of rotatable bonds is 3. The molecule has 0 bridgehead atoms. The molecule has 0 aliphatic heterocycles. The minimum Gasteiger partial charge on any atom is -0.468 e. The molecule has 0 aliphatic carbocycles. The number of hydrogen-bond acceptors (Lipinski definition) is 4. The molecule has 4 nitrogen and oxygen atoms in total. The molecule has 0 amide bonds. The number of esters is 1. The van der Waals surface area contributed by atoms with Crippen LogP contribution >= 0.6 is 0 Å². The van der Waals surface area contributed by atoms with Gasteiger partial charge in [-0.05, 0) is 24.1 Å². The van der Waals surface area contributed by atoms with Gasteiger partial charge in [-0.1, -0.05) is 6.07 Å². The zero-order valence-electron chi connectivity index (χ0n) is 8.37. The van der Waals surface area contributed by atoms with E-state index in [1.165, 1.54) is 19.2 Å². The second-order valence-corrected chi connectivity index (χ2v) is 3.19. The summed E-state index contributed by atoms with van der Waals surface area (Å²) in [5, 5.41) is 0. The van der Waals surface area contributed by atoms with Gasteiger partial charge in [0, 0.05) is 0 Å². The molecule has 0 aromatic heterocycles. The molecule has 1 aromatic rings. The number of hydrogen-bond donors (Lipinski definition) is 2. The Labute approximate surface area is 87.0 Å². The fraction of sp³-hybridized carbons (Fsp3) is 0.300. The maximum atomic E-state index is 13.0. The van der Waals surface area contributed by atoms with Crippen molar-refractivity contribution in [2.45, 2.75) is 12.5 Å². The van der Waals surface area contributed by atoms with E-state index in [4.69, 9.17) is 11.5 Å². The predicted molar refractivity (Wildman–Crippen MR) is 54.5 cm³/mol. The highest BCUT2D eigenvalue weighted by Crippen LogP contribution is 2.13. The van der Waals surface area contributed by atoms with Crippen molar-refractivity contribution in [1.82, 2.24) is 0 Å². The molecule has 0 spiro atoms. The van der Waals surface area contributed by atoms with Crippen molar-refractivity contribution in [2.24, 2.45) is 5.73 Å².